The minimum Gasteiger partial charge on any atom is -0.478 e. The van der Waals surface area contributed by atoms with Crippen molar-refractivity contribution in [1.29, 1.82) is 0 Å². The maximum atomic E-state index is 5.56. The Bertz CT molecular complexity index is 444. The van der Waals surface area contributed by atoms with Crippen molar-refractivity contribution in [2.24, 2.45) is 5.92 Å². The monoisotopic (exact) mass is 292 g/mol. The van der Waals surface area contributed by atoms with Gasteiger partial charge in [-0.05, 0) is 39.2 Å². The number of aryl methyl sites for hydroxylation is 1. The van der Waals surface area contributed by atoms with Gasteiger partial charge in [0.05, 0.1) is 6.61 Å². The average molecular weight is 292 g/mol. The lowest BCUT2D eigenvalue weighted by molar-refractivity contribution is 0.325. The second kappa shape index (κ2) is 7.59. The first-order valence-electron chi connectivity index (χ1n) is 8.05. The van der Waals surface area contributed by atoms with Crippen LogP contribution in [0.3, 0.4) is 0 Å². The van der Waals surface area contributed by atoms with E-state index >= 15 is 0 Å². The summed E-state index contributed by atoms with van der Waals surface area (Å²) in [4.78, 5) is 11.3. The molecule has 1 saturated heterocycles. The summed E-state index contributed by atoms with van der Waals surface area (Å²) < 4.78 is 5.56. The van der Waals surface area contributed by atoms with Gasteiger partial charge in [0.2, 0.25) is 5.88 Å². The van der Waals surface area contributed by atoms with Crippen molar-refractivity contribution in [1.82, 2.24) is 15.3 Å². The van der Waals surface area contributed by atoms with Crippen molar-refractivity contribution in [3.05, 3.63) is 11.9 Å². The van der Waals surface area contributed by atoms with E-state index in [1.807, 2.05) is 19.9 Å². The highest BCUT2D eigenvalue weighted by molar-refractivity contribution is 5.42. The molecule has 5 nitrogen and oxygen atoms in total. The molecule has 0 radical (unpaired) electrons. The van der Waals surface area contributed by atoms with Crippen molar-refractivity contribution < 1.29 is 4.74 Å². The van der Waals surface area contributed by atoms with Gasteiger partial charge in [0.25, 0.3) is 0 Å². The number of nitrogens with zero attached hydrogens (tertiary/aromatic N) is 3. The first-order chi connectivity index (χ1) is 10.1. The summed E-state index contributed by atoms with van der Waals surface area (Å²) in [6, 6.07) is 2.53. The third-order valence-electron chi connectivity index (χ3n) is 3.61. The predicted octanol–water partition coefficient (Wildman–Crippen LogP) is 2.40. The van der Waals surface area contributed by atoms with Crippen LogP contribution in [0.5, 0.6) is 5.88 Å². The van der Waals surface area contributed by atoms with E-state index in [9.17, 15) is 0 Å². The largest absolute Gasteiger partial charge is 0.478 e. The molecule has 1 aliphatic heterocycles. The van der Waals surface area contributed by atoms with E-state index in [1.54, 1.807) is 0 Å². The van der Waals surface area contributed by atoms with Gasteiger partial charge in [-0.1, -0.05) is 13.8 Å². The quantitative estimate of drug-likeness (QED) is 0.836. The van der Waals surface area contributed by atoms with E-state index in [1.165, 1.54) is 12.8 Å². The van der Waals surface area contributed by atoms with Gasteiger partial charge in [0, 0.05) is 25.2 Å². The van der Waals surface area contributed by atoms with Crippen molar-refractivity contribution in [2.45, 2.75) is 46.6 Å². The molecular weight excluding hydrogens is 264 g/mol. The number of anilines is 1. The zero-order chi connectivity index (χ0) is 15.2. The number of nitrogens with one attached hydrogen (secondary N) is 1. The molecule has 1 unspecified atom stereocenters. The van der Waals surface area contributed by atoms with Crippen LogP contribution in [-0.4, -0.2) is 42.3 Å². The lowest BCUT2D eigenvalue weighted by Gasteiger charge is -2.28. The summed E-state index contributed by atoms with van der Waals surface area (Å²) in [7, 11) is 0. The topological polar surface area (TPSA) is 50.3 Å². The second-order valence-corrected chi connectivity index (χ2v) is 6.14. The molecule has 2 heterocycles. The van der Waals surface area contributed by atoms with Crippen LogP contribution in [-0.2, 0) is 0 Å². The van der Waals surface area contributed by atoms with Crippen molar-refractivity contribution in [2.75, 3.05) is 31.1 Å². The fourth-order valence-electron chi connectivity index (χ4n) is 2.79. The van der Waals surface area contributed by atoms with Crippen LogP contribution >= 0.6 is 0 Å². The number of ether oxygens (including phenoxy) is 1. The number of rotatable bonds is 7. The molecular formula is C16H28N4O. The van der Waals surface area contributed by atoms with Crippen molar-refractivity contribution in [3.8, 4) is 5.88 Å². The lowest BCUT2D eigenvalue weighted by Crippen LogP contribution is -2.40. The molecule has 1 aliphatic rings. The smallest absolute Gasteiger partial charge is 0.218 e. The summed E-state index contributed by atoms with van der Waals surface area (Å²) in [6.45, 7) is 12.1. The van der Waals surface area contributed by atoms with Crippen LogP contribution in [0.2, 0.25) is 0 Å². The zero-order valence-corrected chi connectivity index (χ0v) is 13.7. The molecule has 118 valence electrons. The molecule has 1 N–H and O–H groups in total. The van der Waals surface area contributed by atoms with Crippen LogP contribution < -0.4 is 15.0 Å². The highest BCUT2D eigenvalue weighted by atomic mass is 16.5. The minimum absolute atomic E-state index is 0.564. The van der Waals surface area contributed by atoms with Crippen LogP contribution in [0.4, 0.5) is 5.82 Å². The fourth-order valence-corrected chi connectivity index (χ4v) is 2.79. The summed E-state index contributed by atoms with van der Waals surface area (Å²) >= 11 is 0. The molecule has 1 aromatic rings. The second-order valence-electron chi connectivity index (χ2n) is 6.14. The van der Waals surface area contributed by atoms with Gasteiger partial charge in [-0.3, -0.25) is 0 Å². The first-order valence-corrected chi connectivity index (χ1v) is 8.05. The summed E-state index contributed by atoms with van der Waals surface area (Å²) in [5.41, 5.74) is 0. The number of aromatic nitrogens is 2. The maximum absolute atomic E-state index is 5.56. The first kappa shape index (κ1) is 16.0. The van der Waals surface area contributed by atoms with E-state index in [4.69, 9.17) is 4.74 Å². The molecule has 0 spiro atoms. The van der Waals surface area contributed by atoms with Gasteiger partial charge in [0.15, 0.2) is 0 Å². The molecule has 0 saturated carbocycles. The third-order valence-corrected chi connectivity index (χ3v) is 3.61. The van der Waals surface area contributed by atoms with E-state index in [2.05, 4.69) is 34.0 Å². The summed E-state index contributed by atoms with van der Waals surface area (Å²) in [6.07, 6.45) is 2.52. The molecule has 5 heteroatoms. The van der Waals surface area contributed by atoms with Gasteiger partial charge in [-0.15, -0.1) is 0 Å². The predicted molar refractivity (Wildman–Crippen MR) is 86.0 cm³/mol. The Hall–Kier alpha value is -1.36. The van der Waals surface area contributed by atoms with Gasteiger partial charge < -0.3 is 15.0 Å². The Balaban J connectivity index is 2.17. The summed E-state index contributed by atoms with van der Waals surface area (Å²) in [5.74, 6) is 3.02. The highest BCUT2D eigenvalue weighted by Crippen LogP contribution is 2.20. The van der Waals surface area contributed by atoms with E-state index in [-0.39, 0.29) is 0 Å². The molecule has 0 amide bonds. The Morgan fingerprint density at radius 2 is 2.24 bits per heavy atom. The van der Waals surface area contributed by atoms with Gasteiger partial charge in [-0.2, -0.15) is 4.98 Å². The molecule has 0 aliphatic carbocycles. The SMILES string of the molecule is CCOc1cc(N(CC(C)C)CC2CCCN2)nc(C)n1. The molecule has 1 atom stereocenters. The Morgan fingerprint density at radius 1 is 1.43 bits per heavy atom. The lowest BCUT2D eigenvalue weighted by atomic mass is 10.1. The average Bonchev–Trinajstić information content (AvgIpc) is 2.90. The van der Waals surface area contributed by atoms with Gasteiger partial charge in [0.1, 0.15) is 11.6 Å². The molecule has 2 rings (SSSR count). The van der Waals surface area contributed by atoms with Gasteiger partial charge in [-0.25, -0.2) is 4.98 Å². The third kappa shape index (κ3) is 4.84. The number of hydrogen-bond donors (Lipinski definition) is 1. The Labute approximate surface area is 128 Å². The van der Waals surface area contributed by atoms with Crippen LogP contribution in [0.1, 0.15) is 39.4 Å². The Kier molecular flexibility index (Phi) is 5.79. The molecule has 0 bridgehead atoms. The molecule has 0 aromatic carbocycles. The maximum Gasteiger partial charge on any atom is 0.218 e. The van der Waals surface area contributed by atoms with Crippen LogP contribution in [0.25, 0.3) is 0 Å². The standard InChI is InChI=1S/C16H28N4O/c1-5-21-16-9-15(18-13(4)19-16)20(10-12(2)3)11-14-7-6-8-17-14/h9,12,14,17H,5-8,10-11H2,1-4H3. The molecule has 1 fully saturated rings. The van der Waals surface area contributed by atoms with Gasteiger partial charge >= 0.3 is 0 Å². The minimum atomic E-state index is 0.564. The van der Waals surface area contributed by atoms with Crippen LogP contribution in [0, 0.1) is 12.8 Å². The fraction of sp³-hybridized carbons (Fsp3) is 0.750. The Morgan fingerprint density at radius 3 is 2.86 bits per heavy atom. The van der Waals surface area contributed by atoms with E-state index in [0.29, 0.717) is 24.4 Å². The highest BCUT2D eigenvalue weighted by Gasteiger charge is 2.20. The van der Waals surface area contributed by atoms with Crippen LogP contribution in [0.15, 0.2) is 6.07 Å². The number of hydrogen-bond acceptors (Lipinski definition) is 5. The normalized spacial score (nSPS) is 18.2. The molecule has 21 heavy (non-hydrogen) atoms. The van der Waals surface area contributed by atoms with Crippen molar-refractivity contribution >= 4 is 5.82 Å². The van der Waals surface area contributed by atoms with E-state index in [0.717, 1.165) is 31.3 Å². The van der Waals surface area contributed by atoms with Crippen molar-refractivity contribution in [3.63, 3.8) is 0 Å². The summed E-state index contributed by atoms with van der Waals surface area (Å²) in [5, 5.41) is 3.57. The van der Waals surface area contributed by atoms with E-state index < -0.39 is 0 Å². The zero-order valence-electron chi connectivity index (χ0n) is 13.7. The molecule has 1 aromatic heterocycles.